The molecular formula is C11H17N3O3S2. The molecule has 0 aliphatic carbocycles. The van der Waals surface area contributed by atoms with Crippen molar-refractivity contribution in [1.82, 2.24) is 15.6 Å². The molecule has 0 spiro atoms. The highest BCUT2D eigenvalue weighted by atomic mass is 32.2. The van der Waals surface area contributed by atoms with Crippen molar-refractivity contribution in [3.63, 3.8) is 0 Å². The lowest BCUT2D eigenvalue weighted by atomic mass is 10.2. The number of amides is 2. The van der Waals surface area contributed by atoms with Gasteiger partial charge in [0.1, 0.15) is 11.0 Å². The summed E-state index contributed by atoms with van der Waals surface area (Å²) in [7, 11) is 0. The summed E-state index contributed by atoms with van der Waals surface area (Å²) >= 11 is 2.98. The lowest BCUT2D eigenvalue weighted by Crippen LogP contribution is -2.46. The highest BCUT2D eigenvalue weighted by Crippen LogP contribution is 2.14. The van der Waals surface area contributed by atoms with Crippen LogP contribution in [-0.2, 0) is 4.79 Å². The Hall–Kier alpha value is -1.28. The molecule has 1 unspecified atom stereocenters. The fourth-order valence-electron chi connectivity index (χ4n) is 1.40. The molecule has 106 valence electrons. The number of thioether (sulfide) groups is 1. The molecular weight excluding hydrogens is 286 g/mol. The van der Waals surface area contributed by atoms with Gasteiger partial charge in [0.15, 0.2) is 0 Å². The average Bonchev–Trinajstić information content (AvgIpc) is 2.87. The molecule has 2 amide bonds. The summed E-state index contributed by atoms with van der Waals surface area (Å²) in [6.45, 7) is 1.80. The van der Waals surface area contributed by atoms with Crippen molar-refractivity contribution in [2.24, 2.45) is 0 Å². The lowest BCUT2D eigenvalue weighted by Gasteiger charge is -2.17. The van der Waals surface area contributed by atoms with E-state index in [1.54, 1.807) is 24.9 Å². The SMILES string of the molecule is CSCC[C@@H](NC(=O)NC(C)c1nccs1)C(=O)O. The van der Waals surface area contributed by atoms with Crippen LogP contribution in [0.1, 0.15) is 24.4 Å². The predicted molar refractivity (Wildman–Crippen MR) is 76.6 cm³/mol. The summed E-state index contributed by atoms with van der Waals surface area (Å²) in [5.74, 6) is -0.342. The Kier molecular flexibility index (Phi) is 6.65. The summed E-state index contributed by atoms with van der Waals surface area (Å²) in [5.41, 5.74) is 0. The van der Waals surface area contributed by atoms with Gasteiger partial charge >= 0.3 is 12.0 Å². The minimum absolute atomic E-state index is 0.241. The minimum atomic E-state index is -1.02. The molecule has 0 saturated heterocycles. The first-order valence-electron chi connectivity index (χ1n) is 5.72. The second-order valence-corrected chi connectivity index (χ2v) is 5.79. The highest BCUT2D eigenvalue weighted by molar-refractivity contribution is 7.98. The van der Waals surface area contributed by atoms with Crippen LogP contribution in [0, 0.1) is 0 Å². The number of carboxylic acid groups (broad SMARTS) is 1. The molecule has 2 atom stereocenters. The van der Waals surface area contributed by atoms with Crippen LogP contribution in [0.4, 0.5) is 4.79 Å². The van der Waals surface area contributed by atoms with Gasteiger partial charge in [-0.3, -0.25) is 0 Å². The van der Waals surface area contributed by atoms with E-state index in [0.717, 1.165) is 5.01 Å². The normalized spacial score (nSPS) is 13.6. The number of carbonyl (C=O) groups is 2. The molecule has 6 nitrogen and oxygen atoms in total. The number of nitrogens with zero attached hydrogens (tertiary/aromatic N) is 1. The molecule has 0 fully saturated rings. The Labute approximate surface area is 120 Å². The van der Waals surface area contributed by atoms with Crippen molar-refractivity contribution in [2.45, 2.75) is 25.4 Å². The molecule has 0 bridgehead atoms. The summed E-state index contributed by atoms with van der Waals surface area (Å²) in [6.07, 6.45) is 3.95. The molecule has 0 radical (unpaired) electrons. The van der Waals surface area contributed by atoms with Crippen LogP contribution in [-0.4, -0.2) is 40.1 Å². The molecule has 1 rings (SSSR count). The third-order valence-corrected chi connectivity index (χ3v) is 3.99. The van der Waals surface area contributed by atoms with Crippen molar-refractivity contribution in [2.75, 3.05) is 12.0 Å². The van der Waals surface area contributed by atoms with Crippen molar-refractivity contribution in [3.8, 4) is 0 Å². The Morgan fingerprint density at radius 1 is 1.53 bits per heavy atom. The molecule has 8 heteroatoms. The van der Waals surface area contributed by atoms with Crippen LogP contribution in [0.15, 0.2) is 11.6 Å². The van der Waals surface area contributed by atoms with E-state index < -0.39 is 18.0 Å². The summed E-state index contributed by atoms with van der Waals surface area (Å²) in [5, 5.41) is 16.7. The molecule has 0 saturated carbocycles. The van der Waals surface area contributed by atoms with E-state index in [-0.39, 0.29) is 6.04 Å². The number of carboxylic acids is 1. The maximum Gasteiger partial charge on any atom is 0.326 e. The number of aliphatic carboxylic acids is 1. The van der Waals surface area contributed by atoms with Crippen LogP contribution in [0.25, 0.3) is 0 Å². The fraction of sp³-hybridized carbons (Fsp3) is 0.545. The smallest absolute Gasteiger partial charge is 0.326 e. The van der Waals surface area contributed by atoms with Crippen molar-refractivity contribution in [3.05, 3.63) is 16.6 Å². The Morgan fingerprint density at radius 2 is 2.26 bits per heavy atom. The Bertz CT molecular complexity index is 411. The van der Waals surface area contributed by atoms with Gasteiger partial charge in [-0.25, -0.2) is 14.6 Å². The monoisotopic (exact) mass is 303 g/mol. The number of aromatic nitrogens is 1. The first-order chi connectivity index (χ1) is 9.04. The standard InChI is InChI=1S/C11H17N3O3S2/c1-7(9-12-4-6-19-9)13-11(17)14-8(10(15)16)3-5-18-2/h4,6-8H,3,5H2,1-2H3,(H,15,16)(H2,13,14,17)/t7?,8-/m1/s1. The molecule has 0 aliphatic rings. The first-order valence-corrected chi connectivity index (χ1v) is 8.00. The van der Waals surface area contributed by atoms with Crippen molar-refractivity contribution >= 4 is 35.1 Å². The lowest BCUT2D eigenvalue weighted by molar-refractivity contribution is -0.139. The van der Waals surface area contributed by atoms with E-state index in [0.29, 0.717) is 12.2 Å². The Morgan fingerprint density at radius 3 is 2.79 bits per heavy atom. The van der Waals surface area contributed by atoms with Gasteiger partial charge in [-0.2, -0.15) is 11.8 Å². The van der Waals surface area contributed by atoms with Crippen LogP contribution >= 0.6 is 23.1 Å². The zero-order chi connectivity index (χ0) is 14.3. The van der Waals surface area contributed by atoms with Crippen molar-refractivity contribution < 1.29 is 14.7 Å². The molecule has 1 heterocycles. The van der Waals surface area contributed by atoms with Gasteiger partial charge in [0.05, 0.1) is 6.04 Å². The molecule has 19 heavy (non-hydrogen) atoms. The van der Waals surface area contributed by atoms with E-state index in [4.69, 9.17) is 5.11 Å². The van der Waals surface area contributed by atoms with Gasteiger partial charge in [-0.15, -0.1) is 11.3 Å². The summed E-state index contributed by atoms with van der Waals surface area (Å²) in [4.78, 5) is 26.8. The topological polar surface area (TPSA) is 91.3 Å². The van der Waals surface area contributed by atoms with E-state index >= 15 is 0 Å². The van der Waals surface area contributed by atoms with Gasteiger partial charge in [0, 0.05) is 11.6 Å². The summed E-state index contributed by atoms with van der Waals surface area (Å²) < 4.78 is 0. The van der Waals surface area contributed by atoms with E-state index in [1.165, 1.54) is 11.3 Å². The van der Waals surface area contributed by atoms with Gasteiger partial charge in [0.25, 0.3) is 0 Å². The maximum atomic E-state index is 11.7. The molecule has 1 aromatic heterocycles. The van der Waals surface area contributed by atoms with E-state index in [2.05, 4.69) is 15.6 Å². The third-order valence-electron chi connectivity index (χ3n) is 2.38. The van der Waals surface area contributed by atoms with E-state index in [9.17, 15) is 9.59 Å². The quantitative estimate of drug-likeness (QED) is 0.713. The summed E-state index contributed by atoms with van der Waals surface area (Å²) in [6, 6.07) is -1.60. The van der Waals surface area contributed by atoms with Crippen LogP contribution < -0.4 is 10.6 Å². The second-order valence-electron chi connectivity index (χ2n) is 3.88. The first kappa shape index (κ1) is 15.8. The zero-order valence-corrected chi connectivity index (χ0v) is 12.4. The number of nitrogens with one attached hydrogen (secondary N) is 2. The Balaban J connectivity index is 2.46. The maximum absolute atomic E-state index is 11.7. The highest BCUT2D eigenvalue weighted by Gasteiger charge is 2.20. The van der Waals surface area contributed by atoms with Crippen LogP contribution in [0.5, 0.6) is 0 Å². The fourth-order valence-corrected chi connectivity index (χ4v) is 2.52. The second kappa shape index (κ2) is 8.00. The zero-order valence-electron chi connectivity index (χ0n) is 10.8. The average molecular weight is 303 g/mol. The van der Waals surface area contributed by atoms with Gasteiger partial charge in [-0.1, -0.05) is 0 Å². The number of hydrogen-bond acceptors (Lipinski definition) is 5. The van der Waals surface area contributed by atoms with Crippen molar-refractivity contribution in [1.29, 1.82) is 0 Å². The van der Waals surface area contributed by atoms with E-state index in [1.807, 2.05) is 11.6 Å². The van der Waals surface area contributed by atoms with Crippen LogP contribution in [0.2, 0.25) is 0 Å². The van der Waals surface area contributed by atoms with Gasteiger partial charge in [-0.05, 0) is 25.4 Å². The number of hydrogen-bond donors (Lipinski definition) is 3. The molecule has 1 aromatic rings. The van der Waals surface area contributed by atoms with Gasteiger partial charge in [0.2, 0.25) is 0 Å². The number of urea groups is 1. The third kappa shape index (κ3) is 5.48. The minimum Gasteiger partial charge on any atom is -0.480 e. The number of rotatable bonds is 7. The molecule has 0 aromatic carbocycles. The predicted octanol–water partition coefficient (Wildman–Crippen LogP) is 1.71. The largest absolute Gasteiger partial charge is 0.480 e. The molecule has 3 N–H and O–H groups in total. The van der Waals surface area contributed by atoms with Crippen LogP contribution in [0.3, 0.4) is 0 Å². The number of thiazole rings is 1. The number of carbonyl (C=O) groups excluding carboxylic acids is 1. The molecule has 0 aliphatic heterocycles. The van der Waals surface area contributed by atoms with Gasteiger partial charge < -0.3 is 15.7 Å².